The molecular weight excluding hydrogens is 341 g/mol. The Morgan fingerprint density at radius 3 is 2.41 bits per heavy atom. The zero-order valence-electron chi connectivity index (χ0n) is 15.1. The van der Waals surface area contributed by atoms with Crippen molar-refractivity contribution in [1.82, 2.24) is 14.7 Å². The first-order valence-electron chi connectivity index (χ1n) is 9.30. The van der Waals surface area contributed by atoms with E-state index in [4.69, 9.17) is 0 Å². The summed E-state index contributed by atoms with van der Waals surface area (Å²) in [5.74, 6) is 0.120. The Bertz CT molecular complexity index is 897. The molecule has 3 aromatic rings. The van der Waals surface area contributed by atoms with Crippen LogP contribution in [0, 0.1) is 11.7 Å². The van der Waals surface area contributed by atoms with Crippen LogP contribution in [0.25, 0.3) is 11.3 Å². The van der Waals surface area contributed by atoms with Gasteiger partial charge >= 0.3 is 0 Å². The molecule has 0 bridgehead atoms. The van der Waals surface area contributed by atoms with Crippen molar-refractivity contribution in [3.63, 3.8) is 0 Å². The van der Waals surface area contributed by atoms with Gasteiger partial charge < -0.3 is 0 Å². The smallest absolute Gasteiger partial charge is 0.166 e. The lowest BCUT2D eigenvalue weighted by atomic mass is 9.89. The molecule has 0 saturated carbocycles. The molecule has 2 aromatic carbocycles. The van der Waals surface area contributed by atoms with Crippen LogP contribution in [0.3, 0.4) is 0 Å². The normalized spacial score (nSPS) is 15.7. The number of hydrogen-bond acceptors (Lipinski definition) is 3. The van der Waals surface area contributed by atoms with Crippen molar-refractivity contribution in [1.29, 1.82) is 0 Å². The Kier molecular flexibility index (Phi) is 5.12. The van der Waals surface area contributed by atoms with Crippen molar-refractivity contribution in [3.8, 4) is 11.3 Å². The van der Waals surface area contributed by atoms with Gasteiger partial charge in [-0.1, -0.05) is 30.3 Å². The molecule has 138 valence electrons. The summed E-state index contributed by atoms with van der Waals surface area (Å²) in [4.78, 5) is 14.9. The number of halogens is 1. The minimum absolute atomic E-state index is 0.107. The van der Waals surface area contributed by atoms with Crippen molar-refractivity contribution in [2.45, 2.75) is 19.5 Å². The summed E-state index contributed by atoms with van der Waals surface area (Å²) in [5, 5.41) is 4.59. The molecule has 1 aliphatic heterocycles. The third kappa shape index (κ3) is 4.14. The average molecular weight is 363 g/mol. The number of rotatable bonds is 5. The molecule has 0 N–H and O–H groups in total. The maximum absolute atomic E-state index is 13.1. The topological polar surface area (TPSA) is 38.1 Å². The first-order valence-corrected chi connectivity index (χ1v) is 9.30. The molecule has 1 aromatic heterocycles. The SMILES string of the molecule is O=C(c1ccccc1)C1CCN(Cn2ccc(-c3ccc(F)cc3)n2)CC1. The highest BCUT2D eigenvalue weighted by Crippen LogP contribution is 2.23. The highest BCUT2D eigenvalue weighted by atomic mass is 19.1. The summed E-state index contributed by atoms with van der Waals surface area (Å²) >= 11 is 0. The molecule has 4 rings (SSSR count). The summed E-state index contributed by atoms with van der Waals surface area (Å²) in [6.45, 7) is 2.47. The lowest BCUT2D eigenvalue weighted by molar-refractivity contribution is 0.0805. The lowest BCUT2D eigenvalue weighted by Crippen LogP contribution is -2.37. The molecule has 4 nitrogen and oxygen atoms in total. The number of ketones is 1. The zero-order chi connectivity index (χ0) is 18.6. The van der Waals surface area contributed by atoms with Gasteiger partial charge in [-0.2, -0.15) is 5.10 Å². The van der Waals surface area contributed by atoms with Crippen LogP contribution in [0.1, 0.15) is 23.2 Å². The maximum Gasteiger partial charge on any atom is 0.166 e. The van der Waals surface area contributed by atoms with E-state index >= 15 is 0 Å². The summed E-state index contributed by atoms with van der Waals surface area (Å²) < 4.78 is 15.0. The number of likely N-dealkylation sites (tertiary alicyclic amines) is 1. The summed E-state index contributed by atoms with van der Waals surface area (Å²) in [6, 6.07) is 17.9. The fourth-order valence-corrected chi connectivity index (χ4v) is 3.59. The summed E-state index contributed by atoms with van der Waals surface area (Å²) in [5.41, 5.74) is 2.55. The molecule has 1 saturated heterocycles. The molecule has 0 radical (unpaired) electrons. The van der Waals surface area contributed by atoms with Crippen LogP contribution in [0.2, 0.25) is 0 Å². The van der Waals surface area contributed by atoms with Crippen molar-refractivity contribution < 1.29 is 9.18 Å². The van der Waals surface area contributed by atoms with Gasteiger partial charge in [-0.05, 0) is 43.2 Å². The van der Waals surface area contributed by atoms with Crippen LogP contribution in [0.5, 0.6) is 0 Å². The number of carbonyl (C=O) groups excluding carboxylic acids is 1. The molecule has 2 heterocycles. The maximum atomic E-state index is 13.1. The Hall–Kier alpha value is -2.79. The molecule has 0 unspecified atom stereocenters. The van der Waals surface area contributed by atoms with Gasteiger partial charge in [-0.15, -0.1) is 0 Å². The molecule has 0 atom stereocenters. The number of nitrogens with zero attached hydrogens (tertiary/aromatic N) is 3. The molecule has 1 fully saturated rings. The second kappa shape index (κ2) is 7.84. The van der Waals surface area contributed by atoms with E-state index < -0.39 is 0 Å². The van der Waals surface area contributed by atoms with Gasteiger partial charge in [0.15, 0.2) is 5.78 Å². The number of Topliss-reactive ketones (excluding diaryl/α,β-unsaturated/α-hetero) is 1. The number of carbonyl (C=O) groups is 1. The zero-order valence-corrected chi connectivity index (χ0v) is 15.1. The molecule has 5 heteroatoms. The quantitative estimate of drug-likeness (QED) is 0.637. The molecule has 0 spiro atoms. The van der Waals surface area contributed by atoms with Gasteiger partial charge in [0.25, 0.3) is 0 Å². The number of hydrogen-bond donors (Lipinski definition) is 0. The predicted molar refractivity (Wildman–Crippen MR) is 103 cm³/mol. The average Bonchev–Trinajstić information content (AvgIpc) is 3.18. The Morgan fingerprint density at radius 2 is 1.70 bits per heavy atom. The van der Waals surface area contributed by atoms with Gasteiger partial charge in [-0.3, -0.25) is 14.4 Å². The largest absolute Gasteiger partial charge is 0.294 e. The summed E-state index contributed by atoms with van der Waals surface area (Å²) in [6.07, 6.45) is 3.69. The van der Waals surface area contributed by atoms with E-state index in [-0.39, 0.29) is 17.5 Å². The minimum Gasteiger partial charge on any atom is -0.294 e. The van der Waals surface area contributed by atoms with E-state index in [2.05, 4.69) is 10.00 Å². The first kappa shape index (κ1) is 17.6. The van der Waals surface area contributed by atoms with E-state index in [1.165, 1.54) is 12.1 Å². The standard InChI is InChI=1S/C22H22FN3O/c23-20-8-6-17(7-9-20)21-12-15-26(24-21)16-25-13-10-19(11-14-25)22(27)18-4-2-1-3-5-18/h1-9,12,15,19H,10-11,13-14,16H2. The van der Waals surface area contributed by atoms with Crippen LogP contribution in [0.4, 0.5) is 4.39 Å². The van der Waals surface area contributed by atoms with E-state index in [0.717, 1.165) is 42.8 Å². The van der Waals surface area contributed by atoms with Crippen molar-refractivity contribution in [3.05, 3.63) is 78.2 Å². The van der Waals surface area contributed by atoms with Gasteiger partial charge in [0.05, 0.1) is 12.4 Å². The van der Waals surface area contributed by atoms with Gasteiger partial charge in [0, 0.05) is 36.3 Å². The number of benzene rings is 2. The molecule has 0 aliphatic carbocycles. The van der Waals surface area contributed by atoms with E-state index in [9.17, 15) is 9.18 Å². The van der Waals surface area contributed by atoms with Crippen molar-refractivity contribution in [2.24, 2.45) is 5.92 Å². The van der Waals surface area contributed by atoms with Crippen molar-refractivity contribution in [2.75, 3.05) is 13.1 Å². The van der Waals surface area contributed by atoms with Gasteiger partial charge in [-0.25, -0.2) is 4.39 Å². The highest BCUT2D eigenvalue weighted by molar-refractivity contribution is 5.97. The van der Waals surface area contributed by atoms with Crippen LogP contribution in [-0.4, -0.2) is 33.6 Å². The van der Waals surface area contributed by atoms with E-state index in [0.29, 0.717) is 6.67 Å². The second-order valence-electron chi connectivity index (χ2n) is 7.01. The molecular formula is C22H22FN3O. The van der Waals surface area contributed by atoms with Crippen LogP contribution in [0.15, 0.2) is 66.9 Å². The van der Waals surface area contributed by atoms with Crippen LogP contribution >= 0.6 is 0 Å². The molecule has 1 aliphatic rings. The Balaban J connectivity index is 1.33. The Labute approximate surface area is 158 Å². The van der Waals surface area contributed by atoms with Crippen LogP contribution in [-0.2, 0) is 6.67 Å². The predicted octanol–water partition coefficient (Wildman–Crippen LogP) is 4.24. The van der Waals surface area contributed by atoms with E-state index in [1.807, 2.05) is 47.3 Å². The molecule has 0 amide bonds. The fourth-order valence-electron chi connectivity index (χ4n) is 3.59. The van der Waals surface area contributed by atoms with Crippen molar-refractivity contribution >= 4 is 5.78 Å². The Morgan fingerprint density at radius 1 is 1.00 bits per heavy atom. The van der Waals surface area contributed by atoms with Gasteiger partial charge in [0.2, 0.25) is 0 Å². The number of aromatic nitrogens is 2. The summed E-state index contributed by atoms with van der Waals surface area (Å²) in [7, 11) is 0. The fraction of sp³-hybridized carbons (Fsp3) is 0.273. The number of piperidine rings is 1. The highest BCUT2D eigenvalue weighted by Gasteiger charge is 2.25. The van der Waals surface area contributed by atoms with Gasteiger partial charge in [0.1, 0.15) is 5.82 Å². The third-order valence-corrected chi connectivity index (χ3v) is 5.14. The second-order valence-corrected chi connectivity index (χ2v) is 7.01. The first-order chi connectivity index (χ1) is 13.2. The van der Waals surface area contributed by atoms with Crippen LogP contribution < -0.4 is 0 Å². The minimum atomic E-state index is -0.244. The monoisotopic (exact) mass is 363 g/mol. The third-order valence-electron chi connectivity index (χ3n) is 5.14. The lowest BCUT2D eigenvalue weighted by Gasteiger charge is -2.31. The molecule has 27 heavy (non-hydrogen) atoms. The van der Waals surface area contributed by atoms with E-state index in [1.54, 1.807) is 12.1 Å².